The summed E-state index contributed by atoms with van der Waals surface area (Å²) in [5, 5.41) is 9.76. The predicted octanol–water partition coefficient (Wildman–Crippen LogP) is 23.5. The molecular weight excluding hydrogens is 1170 g/mol. The molecule has 0 amide bonds. The minimum absolute atomic E-state index is 0.167. The Morgan fingerprint density at radius 3 is 0.842 bits per heavy atom. The monoisotopic (exact) mass is 1310 g/mol. The lowest BCUT2D eigenvalue weighted by atomic mass is 10.1. The third kappa shape index (κ3) is 74.6. The number of carbonyl (C=O) groups is 3. The van der Waals surface area contributed by atoms with E-state index in [1.165, 1.54) is 0 Å². The Hall–Kier alpha value is -6.65. The zero-order valence-electron chi connectivity index (χ0n) is 60.2. The van der Waals surface area contributed by atoms with Crippen molar-refractivity contribution in [3.8, 4) is 0 Å². The molecule has 9 nitrogen and oxygen atoms in total. The van der Waals surface area contributed by atoms with Gasteiger partial charge in [0.05, 0.1) is 34.4 Å². The Morgan fingerprint density at radius 1 is 0.316 bits per heavy atom. The van der Waals surface area contributed by atoms with Crippen LogP contribution in [0.1, 0.15) is 232 Å². The van der Waals surface area contributed by atoms with Crippen LogP contribution in [0.15, 0.2) is 231 Å². The number of allylic oxidation sites excluding steroid dienone is 38. The van der Waals surface area contributed by atoms with Crippen molar-refractivity contribution in [2.24, 2.45) is 0 Å². The van der Waals surface area contributed by atoms with Gasteiger partial charge in [-0.3, -0.25) is 9.59 Å². The van der Waals surface area contributed by atoms with Crippen molar-refractivity contribution >= 4 is 17.9 Å². The van der Waals surface area contributed by atoms with Gasteiger partial charge in [-0.1, -0.05) is 290 Å². The van der Waals surface area contributed by atoms with Crippen LogP contribution in [0.2, 0.25) is 0 Å². The molecule has 2 unspecified atom stereocenters. The molecule has 0 radical (unpaired) electrons. The molecule has 0 heterocycles. The fourth-order valence-electron chi connectivity index (χ4n) is 8.91. The van der Waals surface area contributed by atoms with Crippen LogP contribution in [0, 0.1) is 0 Å². The van der Waals surface area contributed by atoms with Gasteiger partial charge in [-0.15, -0.1) is 0 Å². The van der Waals surface area contributed by atoms with E-state index < -0.39 is 24.3 Å². The van der Waals surface area contributed by atoms with Crippen molar-refractivity contribution in [1.82, 2.24) is 0 Å². The number of aliphatic carboxylic acids is 1. The molecule has 528 valence electrons. The first-order valence-corrected chi connectivity index (χ1v) is 36.5. The molecule has 0 aromatic heterocycles. The molecule has 0 aliphatic carbocycles. The van der Waals surface area contributed by atoms with Gasteiger partial charge in [0.25, 0.3) is 6.29 Å². The van der Waals surface area contributed by atoms with E-state index >= 15 is 0 Å². The van der Waals surface area contributed by atoms with E-state index in [0.717, 1.165) is 193 Å². The third-order valence-corrected chi connectivity index (χ3v) is 14.4. The molecule has 0 aromatic carbocycles. The highest BCUT2D eigenvalue weighted by atomic mass is 16.7. The fraction of sp³-hybridized carbons (Fsp3) is 0.523. The summed E-state index contributed by atoms with van der Waals surface area (Å²) >= 11 is 0. The first-order valence-electron chi connectivity index (χ1n) is 36.5. The summed E-state index contributed by atoms with van der Waals surface area (Å²) in [6.45, 7) is 4.57. The third-order valence-electron chi connectivity index (χ3n) is 14.4. The Kier molecular flexibility index (Phi) is 68.0. The fourth-order valence-corrected chi connectivity index (χ4v) is 8.91. The van der Waals surface area contributed by atoms with Crippen molar-refractivity contribution in [1.29, 1.82) is 0 Å². The van der Waals surface area contributed by atoms with E-state index in [-0.39, 0.29) is 38.6 Å². The maximum Gasteiger partial charge on any atom is 0.361 e. The molecule has 9 heteroatoms. The molecule has 0 fully saturated rings. The maximum absolute atomic E-state index is 13.0. The molecule has 0 spiro atoms. The molecule has 95 heavy (non-hydrogen) atoms. The van der Waals surface area contributed by atoms with Crippen molar-refractivity contribution in [2.45, 2.75) is 245 Å². The van der Waals surface area contributed by atoms with Crippen molar-refractivity contribution in [3.05, 3.63) is 231 Å². The predicted molar refractivity (Wildman–Crippen MR) is 409 cm³/mol. The summed E-state index contributed by atoms with van der Waals surface area (Å²) < 4.78 is 22.9. The lowest BCUT2D eigenvalue weighted by Gasteiger charge is -2.25. The van der Waals surface area contributed by atoms with Crippen molar-refractivity contribution in [2.75, 3.05) is 47.5 Å². The van der Waals surface area contributed by atoms with Crippen molar-refractivity contribution < 1.29 is 42.9 Å². The minimum Gasteiger partial charge on any atom is -0.477 e. The first kappa shape index (κ1) is 88.4. The number of nitrogens with zero attached hydrogens (tertiary/aromatic N) is 1. The molecule has 0 bridgehead atoms. The molecule has 2 atom stereocenters. The molecule has 0 rings (SSSR count). The summed E-state index contributed by atoms with van der Waals surface area (Å²) in [6, 6.07) is 0. The molecule has 0 saturated carbocycles. The number of carboxylic acid groups (broad SMARTS) is 1. The average Bonchev–Trinajstić information content (AvgIpc) is 2.92. The second-order valence-electron chi connectivity index (χ2n) is 24.4. The summed E-state index contributed by atoms with van der Waals surface area (Å²) in [6.07, 6.45) is 114. The van der Waals surface area contributed by atoms with Crippen molar-refractivity contribution in [3.63, 3.8) is 0 Å². The van der Waals surface area contributed by atoms with Crippen LogP contribution in [-0.4, -0.2) is 87.4 Å². The number of quaternary nitrogens is 1. The van der Waals surface area contributed by atoms with E-state index in [4.69, 9.17) is 18.9 Å². The number of ether oxygens (including phenoxy) is 4. The SMILES string of the molecule is CC/C=C\C/C=C\C/C=C\C/C=C\C/C=C\C/C=C\C/C=C\C/C=C\C/C=C\C/C=C\C/C=C\CCCCCCCC(=O)OC(COC(=O)CCCCCCCC/C=C\C/C=C\C/C=C\C/C=C\C/C=C\C/C=C\C/C=C\C/C=C\CC)COC(OCC[N+](C)(C)C)C(=O)O. The van der Waals surface area contributed by atoms with Gasteiger partial charge in [0.1, 0.15) is 13.2 Å². The van der Waals surface area contributed by atoms with E-state index in [2.05, 4.69) is 245 Å². The molecule has 0 aliphatic heterocycles. The highest BCUT2D eigenvalue weighted by Crippen LogP contribution is 2.14. The van der Waals surface area contributed by atoms with Gasteiger partial charge in [0.2, 0.25) is 0 Å². The number of hydrogen-bond acceptors (Lipinski definition) is 7. The molecule has 0 aliphatic rings. The van der Waals surface area contributed by atoms with Crippen LogP contribution in [0.5, 0.6) is 0 Å². The highest BCUT2D eigenvalue weighted by molar-refractivity contribution is 5.71. The Morgan fingerprint density at radius 2 is 0.568 bits per heavy atom. The largest absolute Gasteiger partial charge is 0.477 e. The van der Waals surface area contributed by atoms with Crippen LogP contribution in [0.25, 0.3) is 0 Å². The quantitative estimate of drug-likeness (QED) is 0.0211. The van der Waals surface area contributed by atoms with Crippen LogP contribution in [0.4, 0.5) is 0 Å². The molecular formula is C86H132NO8+. The smallest absolute Gasteiger partial charge is 0.361 e. The summed E-state index contributed by atoms with van der Waals surface area (Å²) in [4.78, 5) is 37.7. The zero-order chi connectivity index (χ0) is 69.0. The normalized spacial score (nSPS) is 14.1. The van der Waals surface area contributed by atoms with Gasteiger partial charge in [-0.2, -0.15) is 0 Å². The Bertz CT molecular complexity index is 2420. The number of carboxylic acids is 1. The number of carbonyl (C=O) groups excluding carboxylic acids is 2. The minimum atomic E-state index is -1.54. The number of likely N-dealkylation sites (N-methyl/N-ethyl adjacent to an activating group) is 1. The Labute approximate surface area is 580 Å². The lowest BCUT2D eigenvalue weighted by molar-refractivity contribution is -0.870. The van der Waals surface area contributed by atoms with E-state index in [9.17, 15) is 19.5 Å². The van der Waals surface area contributed by atoms with Gasteiger partial charge < -0.3 is 28.5 Å². The van der Waals surface area contributed by atoms with Gasteiger partial charge in [-0.05, 0) is 161 Å². The standard InChI is InChI=1S/C86H131NO8/c1-6-8-10-12-14-16-18-20-22-24-26-28-30-32-34-36-38-39-40-41-42-43-44-45-47-49-51-53-55-57-59-61-63-65-67-69-71-73-75-77-84(89)95-82(81-94-86(85(90)91)92-79-78-87(3,4)5)80-93-83(88)76-74-72-70-68-66-64-62-60-58-56-54-52-50-48-46-37-35-33-31-29-27-25-23-21-19-17-15-13-11-9-7-2/h8-11,14-17,20-23,26-29,32-35,38-39,41-42,44-46,48-49,51-52,54-55,57-58,60-61,63,82,86H,6-7,12-13,18-19,24-25,30-31,36-37,40,43,47,50,53,56,59,62,64-81H2,1-5H3/p+1/b10-8-,11-9-,16-14-,17-15-,22-20-,23-21-,28-26-,29-27-,34-32-,35-33-,39-38-,42-41-,45-44-,48-46-,51-49-,54-52-,57-55-,60-58-,63-61-. The lowest BCUT2D eigenvalue weighted by Crippen LogP contribution is -2.40. The molecule has 0 aromatic rings. The van der Waals surface area contributed by atoms with Crippen LogP contribution in [-0.2, 0) is 33.3 Å². The number of unbranched alkanes of at least 4 members (excludes halogenated alkanes) is 11. The van der Waals surface area contributed by atoms with Gasteiger partial charge in [-0.25, -0.2) is 4.79 Å². The molecule has 0 saturated heterocycles. The second-order valence-corrected chi connectivity index (χ2v) is 24.4. The van der Waals surface area contributed by atoms with Gasteiger partial charge in [0.15, 0.2) is 6.10 Å². The first-order chi connectivity index (χ1) is 46.6. The van der Waals surface area contributed by atoms with E-state index in [0.29, 0.717) is 23.9 Å². The van der Waals surface area contributed by atoms with Crippen LogP contribution in [0.3, 0.4) is 0 Å². The number of esters is 2. The maximum atomic E-state index is 13.0. The van der Waals surface area contributed by atoms with Crippen LogP contribution >= 0.6 is 0 Å². The number of rotatable bonds is 64. The average molecular weight is 1310 g/mol. The topological polar surface area (TPSA) is 108 Å². The second kappa shape index (κ2) is 73.2. The summed E-state index contributed by atoms with van der Waals surface area (Å²) in [7, 11) is 5.95. The van der Waals surface area contributed by atoms with E-state index in [1.807, 2.05) is 21.1 Å². The van der Waals surface area contributed by atoms with Crippen LogP contribution < -0.4 is 0 Å². The van der Waals surface area contributed by atoms with Gasteiger partial charge >= 0.3 is 17.9 Å². The highest BCUT2D eigenvalue weighted by Gasteiger charge is 2.25. The van der Waals surface area contributed by atoms with Gasteiger partial charge in [0, 0.05) is 12.8 Å². The summed E-state index contributed by atoms with van der Waals surface area (Å²) in [5.74, 6) is -2.08. The van der Waals surface area contributed by atoms with E-state index in [1.54, 1.807) is 0 Å². The Balaban J connectivity index is 4.29. The zero-order valence-corrected chi connectivity index (χ0v) is 60.2. The molecule has 1 N–H and O–H groups in total. The number of hydrogen-bond donors (Lipinski definition) is 1. The summed E-state index contributed by atoms with van der Waals surface area (Å²) in [5.41, 5.74) is 0.